The highest BCUT2D eigenvalue weighted by Gasteiger charge is 2.22. The maximum Gasteiger partial charge on any atom is 0.234 e. The molecule has 0 radical (unpaired) electrons. The number of nitrogens with one attached hydrogen (secondary N) is 2. The second-order valence-electron chi connectivity index (χ2n) is 4.58. The molecule has 0 aromatic rings. The maximum absolute atomic E-state index is 11.5. The van der Waals surface area contributed by atoms with E-state index in [4.69, 9.17) is 4.74 Å². The monoisotopic (exact) mass is 274 g/mol. The van der Waals surface area contributed by atoms with E-state index >= 15 is 0 Å². The molecule has 2 N–H and O–H groups in total. The molecule has 2 rings (SSSR count). The minimum absolute atomic E-state index is 0.0337. The van der Waals surface area contributed by atoms with Crippen LogP contribution in [-0.4, -0.2) is 51.9 Å². The van der Waals surface area contributed by atoms with Crippen LogP contribution in [0.1, 0.15) is 12.8 Å². The van der Waals surface area contributed by atoms with Crippen LogP contribution < -0.4 is 10.6 Å². The number of hydrogen-bond donors (Lipinski definition) is 2. The van der Waals surface area contributed by atoms with Crippen LogP contribution in [0.2, 0.25) is 0 Å². The lowest BCUT2D eigenvalue weighted by Crippen LogP contribution is -2.41. The first kappa shape index (κ1) is 13.5. The van der Waals surface area contributed by atoms with Gasteiger partial charge in [-0.25, -0.2) is 8.42 Å². The fraction of sp³-hybridized carbons (Fsp3) is 0.727. The molecule has 1 amide bonds. The molecule has 2 aliphatic rings. The van der Waals surface area contributed by atoms with Gasteiger partial charge in [0.05, 0.1) is 18.4 Å². The summed E-state index contributed by atoms with van der Waals surface area (Å²) in [4.78, 5) is 11.5. The SMILES string of the molecule is O=C(CNC1C=CS(=O)(=O)C1)NCC1CCCO1. The second kappa shape index (κ2) is 5.81. The Kier molecular flexibility index (Phi) is 4.36. The number of hydrogen-bond acceptors (Lipinski definition) is 5. The summed E-state index contributed by atoms with van der Waals surface area (Å²) in [5.41, 5.74) is 0. The normalized spacial score (nSPS) is 29.6. The Morgan fingerprint density at radius 1 is 1.44 bits per heavy atom. The molecule has 0 aromatic heterocycles. The number of amides is 1. The van der Waals surface area contributed by atoms with E-state index in [9.17, 15) is 13.2 Å². The Labute approximate surface area is 107 Å². The second-order valence-corrected chi connectivity index (χ2v) is 6.52. The van der Waals surface area contributed by atoms with Gasteiger partial charge in [-0.05, 0) is 12.8 Å². The minimum Gasteiger partial charge on any atom is -0.376 e. The van der Waals surface area contributed by atoms with Gasteiger partial charge in [0.15, 0.2) is 9.84 Å². The topological polar surface area (TPSA) is 84.5 Å². The van der Waals surface area contributed by atoms with Gasteiger partial charge in [0.2, 0.25) is 5.91 Å². The van der Waals surface area contributed by atoms with Crippen molar-refractivity contribution in [2.75, 3.05) is 25.4 Å². The molecule has 2 aliphatic heterocycles. The van der Waals surface area contributed by atoms with Crippen LogP contribution in [0.5, 0.6) is 0 Å². The highest BCUT2D eigenvalue weighted by atomic mass is 32.2. The Hall–Kier alpha value is -0.920. The fourth-order valence-electron chi connectivity index (χ4n) is 2.02. The quantitative estimate of drug-likeness (QED) is 0.684. The van der Waals surface area contributed by atoms with Crippen LogP contribution >= 0.6 is 0 Å². The first-order chi connectivity index (χ1) is 8.55. The molecule has 18 heavy (non-hydrogen) atoms. The van der Waals surface area contributed by atoms with Crippen molar-refractivity contribution in [3.63, 3.8) is 0 Å². The van der Waals surface area contributed by atoms with E-state index in [-0.39, 0.29) is 30.4 Å². The summed E-state index contributed by atoms with van der Waals surface area (Å²) in [6, 6.07) is -0.261. The molecular weight excluding hydrogens is 256 g/mol. The van der Waals surface area contributed by atoms with Gasteiger partial charge in [0.25, 0.3) is 0 Å². The minimum atomic E-state index is -3.06. The van der Waals surface area contributed by atoms with Gasteiger partial charge in [-0.1, -0.05) is 6.08 Å². The van der Waals surface area contributed by atoms with Crippen molar-refractivity contribution in [1.29, 1.82) is 0 Å². The van der Waals surface area contributed by atoms with Crippen molar-refractivity contribution in [3.05, 3.63) is 11.5 Å². The first-order valence-electron chi connectivity index (χ1n) is 6.08. The van der Waals surface area contributed by atoms with Gasteiger partial charge >= 0.3 is 0 Å². The van der Waals surface area contributed by atoms with Crippen LogP contribution in [0, 0.1) is 0 Å². The third-order valence-corrected chi connectivity index (χ3v) is 4.40. The van der Waals surface area contributed by atoms with Gasteiger partial charge in [0.1, 0.15) is 0 Å². The Morgan fingerprint density at radius 2 is 2.28 bits per heavy atom. The Balaban J connectivity index is 1.62. The smallest absolute Gasteiger partial charge is 0.234 e. The van der Waals surface area contributed by atoms with E-state index in [1.807, 2.05) is 0 Å². The molecule has 2 unspecified atom stereocenters. The standard InChI is InChI=1S/C11H18N2O4S/c14-11(13-6-10-2-1-4-17-10)7-12-9-3-5-18(15,16)8-9/h3,5,9-10,12H,1-2,4,6-8H2,(H,13,14). The lowest BCUT2D eigenvalue weighted by Gasteiger charge is -2.12. The number of ether oxygens (including phenoxy) is 1. The number of carbonyl (C=O) groups is 1. The fourth-order valence-corrected chi connectivity index (χ4v) is 3.29. The van der Waals surface area contributed by atoms with Crippen molar-refractivity contribution in [1.82, 2.24) is 10.6 Å². The third kappa shape index (κ3) is 4.08. The largest absolute Gasteiger partial charge is 0.376 e. The molecule has 1 saturated heterocycles. The molecule has 0 aliphatic carbocycles. The van der Waals surface area contributed by atoms with E-state index in [0.717, 1.165) is 19.4 Å². The highest BCUT2D eigenvalue weighted by Crippen LogP contribution is 2.10. The van der Waals surface area contributed by atoms with Crippen molar-refractivity contribution >= 4 is 15.7 Å². The molecule has 2 atom stereocenters. The van der Waals surface area contributed by atoms with Gasteiger partial charge < -0.3 is 15.4 Å². The molecule has 0 spiro atoms. The van der Waals surface area contributed by atoms with E-state index < -0.39 is 9.84 Å². The summed E-state index contributed by atoms with van der Waals surface area (Å²) in [6.45, 7) is 1.42. The molecular formula is C11H18N2O4S. The van der Waals surface area contributed by atoms with Crippen molar-refractivity contribution in [2.24, 2.45) is 0 Å². The average Bonchev–Trinajstić information content (AvgIpc) is 2.93. The lowest BCUT2D eigenvalue weighted by molar-refractivity contribution is -0.120. The third-order valence-electron chi connectivity index (χ3n) is 3.01. The van der Waals surface area contributed by atoms with E-state index in [0.29, 0.717) is 6.54 Å². The zero-order chi connectivity index (χ0) is 13.0. The number of sulfone groups is 1. The molecule has 6 nitrogen and oxygen atoms in total. The molecule has 0 aromatic carbocycles. The van der Waals surface area contributed by atoms with Gasteiger partial charge in [0, 0.05) is 24.6 Å². The molecule has 0 bridgehead atoms. The van der Waals surface area contributed by atoms with Crippen LogP contribution in [0.25, 0.3) is 0 Å². The van der Waals surface area contributed by atoms with Gasteiger partial charge in [-0.2, -0.15) is 0 Å². The first-order valence-corrected chi connectivity index (χ1v) is 7.79. The van der Waals surface area contributed by atoms with Crippen LogP contribution in [0.3, 0.4) is 0 Å². The predicted octanol–water partition coefficient (Wildman–Crippen LogP) is -0.818. The van der Waals surface area contributed by atoms with E-state index in [1.54, 1.807) is 6.08 Å². The van der Waals surface area contributed by atoms with Crippen LogP contribution in [0.4, 0.5) is 0 Å². The summed E-state index contributed by atoms with van der Waals surface area (Å²) < 4.78 is 27.7. The molecule has 102 valence electrons. The maximum atomic E-state index is 11.5. The van der Waals surface area contributed by atoms with Gasteiger partial charge in [-0.3, -0.25) is 4.79 Å². The molecule has 2 heterocycles. The number of rotatable bonds is 5. The van der Waals surface area contributed by atoms with E-state index in [2.05, 4.69) is 10.6 Å². The zero-order valence-corrected chi connectivity index (χ0v) is 10.9. The summed E-state index contributed by atoms with van der Waals surface area (Å²) in [5.74, 6) is -0.102. The Bertz CT molecular complexity index is 426. The highest BCUT2D eigenvalue weighted by molar-refractivity contribution is 7.94. The molecule has 7 heteroatoms. The van der Waals surface area contributed by atoms with Crippen molar-refractivity contribution < 1.29 is 17.9 Å². The zero-order valence-electron chi connectivity index (χ0n) is 10.1. The van der Waals surface area contributed by atoms with Crippen molar-refractivity contribution in [3.8, 4) is 0 Å². The summed E-state index contributed by atoms with van der Waals surface area (Å²) in [7, 11) is -3.06. The predicted molar refractivity (Wildman–Crippen MR) is 66.7 cm³/mol. The lowest BCUT2D eigenvalue weighted by atomic mass is 10.2. The molecule has 0 saturated carbocycles. The summed E-state index contributed by atoms with van der Waals surface area (Å²) >= 11 is 0. The molecule has 1 fully saturated rings. The van der Waals surface area contributed by atoms with Crippen molar-refractivity contribution in [2.45, 2.75) is 25.0 Å². The summed E-state index contributed by atoms with van der Waals surface area (Å²) in [5, 5.41) is 6.85. The number of carbonyl (C=O) groups excluding carboxylic acids is 1. The average molecular weight is 274 g/mol. The summed E-state index contributed by atoms with van der Waals surface area (Å²) in [6.07, 6.45) is 3.73. The Morgan fingerprint density at radius 3 is 2.89 bits per heavy atom. The van der Waals surface area contributed by atoms with Crippen LogP contribution in [0.15, 0.2) is 11.5 Å². The van der Waals surface area contributed by atoms with Crippen LogP contribution in [-0.2, 0) is 19.4 Å². The van der Waals surface area contributed by atoms with E-state index in [1.165, 1.54) is 5.41 Å². The van der Waals surface area contributed by atoms with Gasteiger partial charge in [-0.15, -0.1) is 0 Å².